The lowest BCUT2D eigenvalue weighted by Crippen LogP contribution is -2.49. The highest BCUT2D eigenvalue weighted by atomic mass is 15.3. The third-order valence-corrected chi connectivity index (χ3v) is 3.38. The summed E-state index contributed by atoms with van der Waals surface area (Å²) in [7, 11) is 0. The van der Waals surface area contributed by atoms with Crippen LogP contribution in [0.2, 0.25) is 0 Å². The van der Waals surface area contributed by atoms with Gasteiger partial charge in [0.25, 0.3) is 0 Å². The minimum atomic E-state index is 0.135. The molecule has 94 valence electrons. The summed E-state index contributed by atoms with van der Waals surface area (Å²) in [6, 6.07) is 0.697. The van der Waals surface area contributed by atoms with E-state index in [1.54, 1.807) is 0 Å². The van der Waals surface area contributed by atoms with Crippen molar-refractivity contribution < 1.29 is 0 Å². The number of dihydropyridines is 1. The Bertz CT molecular complexity index is 388. The Morgan fingerprint density at radius 3 is 2.29 bits per heavy atom. The van der Waals surface area contributed by atoms with Crippen molar-refractivity contribution in [2.24, 2.45) is 10.4 Å². The van der Waals surface area contributed by atoms with Crippen LogP contribution >= 0.6 is 0 Å². The minimum Gasteiger partial charge on any atom is -0.361 e. The molecule has 2 rings (SSSR count). The first-order chi connectivity index (χ1) is 7.71. The Kier molecular flexibility index (Phi) is 2.72. The van der Waals surface area contributed by atoms with Gasteiger partial charge in [0.15, 0.2) is 0 Å². The van der Waals surface area contributed by atoms with Gasteiger partial charge >= 0.3 is 0 Å². The van der Waals surface area contributed by atoms with Gasteiger partial charge < -0.3 is 4.90 Å². The predicted molar refractivity (Wildman–Crippen MR) is 74.3 cm³/mol. The summed E-state index contributed by atoms with van der Waals surface area (Å²) in [5.41, 5.74) is 1.73. The first-order valence-corrected chi connectivity index (χ1v) is 6.43. The lowest BCUT2D eigenvalue weighted by atomic mass is 9.89. The molecule has 0 radical (unpaired) electrons. The molecule has 0 bridgehead atoms. The summed E-state index contributed by atoms with van der Waals surface area (Å²) in [6.45, 7) is 13.7. The molecular weight excluding hydrogens is 208 g/mol. The Balaban J connectivity index is 2.43. The number of fused-ring (bicyclic) bond motifs is 1. The molecule has 0 aliphatic carbocycles. The van der Waals surface area contributed by atoms with Gasteiger partial charge in [0.1, 0.15) is 0 Å². The van der Waals surface area contributed by atoms with E-state index in [1.165, 1.54) is 5.70 Å². The Labute approximate surface area is 105 Å². The lowest BCUT2D eigenvalue weighted by molar-refractivity contribution is 0.131. The average Bonchev–Trinajstić information content (AvgIpc) is 2.54. The van der Waals surface area contributed by atoms with E-state index in [4.69, 9.17) is 0 Å². The summed E-state index contributed by atoms with van der Waals surface area (Å²) in [6.07, 6.45) is 8.61. The third-order valence-electron chi connectivity index (χ3n) is 3.38. The van der Waals surface area contributed by atoms with Gasteiger partial charge in [-0.1, -0.05) is 26.8 Å². The molecule has 2 heterocycles. The summed E-state index contributed by atoms with van der Waals surface area (Å²) in [5.74, 6) is 0. The van der Waals surface area contributed by atoms with Crippen molar-refractivity contribution >= 4 is 6.21 Å². The SMILES string of the molecule is CC(C)(C)C1=CC2N=CC=CC2N1C(C)(C)C. The maximum Gasteiger partial charge on any atom is 0.0939 e. The standard InChI is InChI=1S/C15H24N2/c1-14(2,3)13-10-11-12(8-7-9-16-11)17(13)15(4,5)6/h7-12H,1-6H3. The van der Waals surface area contributed by atoms with Gasteiger partial charge in [-0.3, -0.25) is 4.99 Å². The van der Waals surface area contributed by atoms with Crippen molar-refractivity contribution in [1.29, 1.82) is 0 Å². The van der Waals surface area contributed by atoms with E-state index < -0.39 is 0 Å². The monoisotopic (exact) mass is 232 g/mol. The zero-order chi connectivity index (χ0) is 12.8. The highest BCUT2D eigenvalue weighted by Gasteiger charge is 2.42. The van der Waals surface area contributed by atoms with Crippen LogP contribution in [0.1, 0.15) is 41.5 Å². The molecule has 2 nitrogen and oxygen atoms in total. The molecule has 0 saturated carbocycles. The fraction of sp³-hybridized carbons (Fsp3) is 0.667. The topological polar surface area (TPSA) is 15.6 Å². The van der Waals surface area contributed by atoms with Gasteiger partial charge in [0.2, 0.25) is 0 Å². The van der Waals surface area contributed by atoms with Crippen LogP contribution < -0.4 is 0 Å². The van der Waals surface area contributed by atoms with Crippen molar-refractivity contribution in [2.75, 3.05) is 0 Å². The minimum absolute atomic E-state index is 0.135. The Morgan fingerprint density at radius 2 is 1.76 bits per heavy atom. The largest absolute Gasteiger partial charge is 0.361 e. The predicted octanol–water partition coefficient (Wildman–Crippen LogP) is 3.41. The zero-order valence-electron chi connectivity index (χ0n) is 11.9. The van der Waals surface area contributed by atoms with Crippen molar-refractivity contribution in [3.63, 3.8) is 0 Å². The van der Waals surface area contributed by atoms with Crippen LogP contribution in [0.3, 0.4) is 0 Å². The fourth-order valence-corrected chi connectivity index (χ4v) is 2.72. The molecule has 0 amide bonds. The summed E-state index contributed by atoms with van der Waals surface area (Å²) < 4.78 is 0. The van der Waals surface area contributed by atoms with Gasteiger partial charge in [0, 0.05) is 22.9 Å². The summed E-state index contributed by atoms with van der Waals surface area (Å²) in [4.78, 5) is 7.12. The Hall–Kier alpha value is -1.05. The lowest BCUT2D eigenvalue weighted by Gasteiger charge is -2.45. The van der Waals surface area contributed by atoms with Crippen molar-refractivity contribution in [3.8, 4) is 0 Å². The first kappa shape index (κ1) is 12.4. The van der Waals surface area contributed by atoms with E-state index in [0.29, 0.717) is 12.1 Å². The second kappa shape index (κ2) is 3.72. The highest BCUT2D eigenvalue weighted by molar-refractivity contribution is 5.73. The van der Waals surface area contributed by atoms with Crippen LogP contribution in [0, 0.1) is 5.41 Å². The Morgan fingerprint density at radius 1 is 1.12 bits per heavy atom. The number of allylic oxidation sites excluding steroid dienone is 2. The second-order valence-electron chi connectivity index (χ2n) is 7.01. The second-order valence-corrected chi connectivity index (χ2v) is 7.01. The van der Waals surface area contributed by atoms with Crippen LogP contribution in [0.25, 0.3) is 0 Å². The van der Waals surface area contributed by atoms with Crippen molar-refractivity contribution in [1.82, 2.24) is 4.90 Å². The number of hydrogen-bond donors (Lipinski definition) is 0. The third kappa shape index (κ3) is 2.18. The fourth-order valence-electron chi connectivity index (χ4n) is 2.72. The summed E-state index contributed by atoms with van der Waals surface area (Å²) in [5, 5.41) is 0. The molecule has 0 fully saturated rings. The van der Waals surface area contributed by atoms with Gasteiger partial charge in [-0.25, -0.2) is 0 Å². The molecule has 0 aromatic heterocycles. The van der Waals surface area contributed by atoms with Crippen molar-refractivity contribution in [2.45, 2.75) is 59.2 Å². The van der Waals surface area contributed by atoms with E-state index in [-0.39, 0.29) is 11.0 Å². The van der Waals surface area contributed by atoms with Crippen LogP contribution in [-0.4, -0.2) is 28.7 Å². The molecule has 0 aromatic rings. The molecule has 0 saturated heterocycles. The van der Waals surface area contributed by atoms with Gasteiger partial charge in [-0.05, 0) is 32.9 Å². The van der Waals surface area contributed by atoms with E-state index in [2.05, 4.69) is 69.7 Å². The van der Waals surface area contributed by atoms with E-state index in [1.807, 2.05) is 6.21 Å². The van der Waals surface area contributed by atoms with E-state index in [9.17, 15) is 0 Å². The molecular formula is C15H24N2. The molecule has 2 unspecified atom stereocenters. The number of aliphatic imine (C=N–C) groups is 1. The van der Waals surface area contributed by atoms with Crippen LogP contribution in [0.15, 0.2) is 28.9 Å². The first-order valence-electron chi connectivity index (χ1n) is 6.43. The number of rotatable bonds is 0. The van der Waals surface area contributed by atoms with Crippen LogP contribution in [-0.2, 0) is 0 Å². The average molecular weight is 232 g/mol. The van der Waals surface area contributed by atoms with E-state index >= 15 is 0 Å². The van der Waals surface area contributed by atoms with Crippen molar-refractivity contribution in [3.05, 3.63) is 23.9 Å². The van der Waals surface area contributed by atoms with E-state index in [0.717, 1.165) is 0 Å². The molecule has 0 aromatic carbocycles. The maximum atomic E-state index is 4.59. The van der Waals surface area contributed by atoms with Gasteiger partial charge in [-0.2, -0.15) is 0 Å². The zero-order valence-corrected chi connectivity index (χ0v) is 11.9. The van der Waals surface area contributed by atoms with Gasteiger partial charge in [-0.15, -0.1) is 0 Å². The molecule has 2 heteroatoms. The van der Waals surface area contributed by atoms with Crippen LogP contribution in [0.5, 0.6) is 0 Å². The summed E-state index contributed by atoms with van der Waals surface area (Å²) >= 11 is 0. The molecule has 17 heavy (non-hydrogen) atoms. The molecule has 0 spiro atoms. The maximum absolute atomic E-state index is 4.59. The highest BCUT2D eigenvalue weighted by Crippen LogP contribution is 2.41. The molecule has 2 aliphatic rings. The smallest absolute Gasteiger partial charge is 0.0939 e. The molecule has 2 aliphatic heterocycles. The molecule has 2 atom stereocenters. The van der Waals surface area contributed by atoms with Crippen LogP contribution in [0.4, 0.5) is 0 Å². The number of hydrogen-bond acceptors (Lipinski definition) is 2. The quantitative estimate of drug-likeness (QED) is 0.625. The number of nitrogens with zero attached hydrogens (tertiary/aromatic N) is 2. The molecule has 0 N–H and O–H groups in total. The normalized spacial score (nSPS) is 28.4. The van der Waals surface area contributed by atoms with Gasteiger partial charge in [0.05, 0.1) is 12.1 Å².